The fraction of sp³-hybridized carbons (Fsp3) is 0.471. The van der Waals surface area contributed by atoms with Crippen LogP contribution < -0.4 is 5.32 Å². The SMILES string of the molecule is Fc1ccc(CN2CCCC3CNCC32)c2ncccc12. The number of hydrogen-bond acceptors (Lipinski definition) is 3. The van der Waals surface area contributed by atoms with E-state index in [2.05, 4.69) is 15.2 Å². The summed E-state index contributed by atoms with van der Waals surface area (Å²) in [6, 6.07) is 7.72. The molecule has 3 heterocycles. The van der Waals surface area contributed by atoms with Crippen LogP contribution in [0.5, 0.6) is 0 Å². The van der Waals surface area contributed by atoms with Gasteiger partial charge in [-0.2, -0.15) is 0 Å². The standard InChI is InChI=1S/C17H20FN3/c18-15-6-5-13(17-14(15)4-1-7-20-17)11-21-8-2-3-12-9-19-10-16(12)21/h1,4-7,12,16,19H,2-3,8-11H2. The molecule has 1 N–H and O–H groups in total. The molecule has 4 rings (SSSR count). The second-order valence-electron chi connectivity index (χ2n) is 6.20. The maximum atomic E-state index is 13.9. The highest BCUT2D eigenvalue weighted by Crippen LogP contribution is 2.29. The molecule has 2 aliphatic rings. The molecule has 110 valence electrons. The van der Waals surface area contributed by atoms with Crippen molar-refractivity contribution < 1.29 is 4.39 Å². The molecule has 2 aromatic rings. The molecule has 1 aromatic carbocycles. The average molecular weight is 285 g/mol. The Morgan fingerprint density at radius 1 is 1.29 bits per heavy atom. The van der Waals surface area contributed by atoms with Gasteiger partial charge >= 0.3 is 0 Å². The number of likely N-dealkylation sites (tertiary alicyclic amines) is 1. The molecule has 0 radical (unpaired) electrons. The molecule has 0 spiro atoms. The summed E-state index contributed by atoms with van der Waals surface area (Å²) in [5.74, 6) is 0.597. The molecular weight excluding hydrogens is 265 g/mol. The van der Waals surface area contributed by atoms with Crippen LogP contribution in [0.3, 0.4) is 0 Å². The molecule has 2 unspecified atom stereocenters. The van der Waals surface area contributed by atoms with E-state index in [9.17, 15) is 4.39 Å². The highest BCUT2D eigenvalue weighted by atomic mass is 19.1. The molecule has 2 atom stereocenters. The van der Waals surface area contributed by atoms with Crippen molar-refractivity contribution in [3.8, 4) is 0 Å². The second kappa shape index (κ2) is 5.35. The number of halogens is 1. The minimum Gasteiger partial charge on any atom is -0.315 e. The number of nitrogens with one attached hydrogen (secondary N) is 1. The van der Waals surface area contributed by atoms with Crippen LogP contribution in [-0.4, -0.2) is 35.6 Å². The van der Waals surface area contributed by atoms with Crippen molar-refractivity contribution in [1.29, 1.82) is 0 Å². The zero-order chi connectivity index (χ0) is 14.2. The zero-order valence-corrected chi connectivity index (χ0v) is 12.1. The fourth-order valence-electron chi connectivity index (χ4n) is 3.90. The van der Waals surface area contributed by atoms with Gasteiger partial charge in [-0.15, -0.1) is 0 Å². The summed E-state index contributed by atoms with van der Waals surface area (Å²) in [5, 5.41) is 4.14. The van der Waals surface area contributed by atoms with Crippen molar-refractivity contribution in [2.45, 2.75) is 25.4 Å². The van der Waals surface area contributed by atoms with Crippen LogP contribution in [0.25, 0.3) is 10.9 Å². The Balaban J connectivity index is 1.66. The van der Waals surface area contributed by atoms with Crippen LogP contribution in [0.15, 0.2) is 30.5 Å². The predicted octanol–water partition coefficient (Wildman–Crippen LogP) is 2.56. The first-order valence-corrected chi connectivity index (χ1v) is 7.80. The molecule has 2 saturated heterocycles. The lowest BCUT2D eigenvalue weighted by atomic mass is 9.91. The second-order valence-corrected chi connectivity index (χ2v) is 6.20. The van der Waals surface area contributed by atoms with Crippen molar-refractivity contribution in [1.82, 2.24) is 15.2 Å². The zero-order valence-electron chi connectivity index (χ0n) is 12.1. The summed E-state index contributed by atoms with van der Waals surface area (Å²) < 4.78 is 13.9. The Hall–Kier alpha value is -1.52. The van der Waals surface area contributed by atoms with Crippen LogP contribution in [0.1, 0.15) is 18.4 Å². The summed E-state index contributed by atoms with van der Waals surface area (Å²) in [7, 11) is 0. The van der Waals surface area contributed by atoms with Gasteiger partial charge < -0.3 is 5.32 Å². The Bertz CT molecular complexity index is 658. The number of hydrogen-bond donors (Lipinski definition) is 1. The highest BCUT2D eigenvalue weighted by molar-refractivity contribution is 5.82. The smallest absolute Gasteiger partial charge is 0.132 e. The van der Waals surface area contributed by atoms with Crippen molar-refractivity contribution in [3.63, 3.8) is 0 Å². The van der Waals surface area contributed by atoms with E-state index >= 15 is 0 Å². The van der Waals surface area contributed by atoms with Gasteiger partial charge in [0.2, 0.25) is 0 Å². The van der Waals surface area contributed by atoms with Crippen LogP contribution in [0.4, 0.5) is 4.39 Å². The topological polar surface area (TPSA) is 28.2 Å². The van der Waals surface area contributed by atoms with E-state index in [1.807, 2.05) is 12.1 Å². The number of nitrogens with zero attached hydrogens (tertiary/aromatic N) is 2. The van der Waals surface area contributed by atoms with Crippen LogP contribution in [0, 0.1) is 11.7 Å². The fourth-order valence-corrected chi connectivity index (χ4v) is 3.90. The van der Waals surface area contributed by atoms with Crippen LogP contribution in [0.2, 0.25) is 0 Å². The van der Waals surface area contributed by atoms with Gasteiger partial charge in [-0.25, -0.2) is 4.39 Å². The quantitative estimate of drug-likeness (QED) is 0.919. The molecular formula is C17H20FN3. The summed E-state index contributed by atoms with van der Waals surface area (Å²) in [4.78, 5) is 6.96. The summed E-state index contributed by atoms with van der Waals surface area (Å²) >= 11 is 0. The number of fused-ring (bicyclic) bond motifs is 2. The van der Waals surface area contributed by atoms with E-state index in [0.29, 0.717) is 11.4 Å². The first kappa shape index (κ1) is 13.2. The van der Waals surface area contributed by atoms with Gasteiger partial charge in [0.1, 0.15) is 5.82 Å². The summed E-state index contributed by atoms with van der Waals surface area (Å²) in [6.07, 6.45) is 4.34. The third-order valence-electron chi connectivity index (χ3n) is 4.97. The van der Waals surface area contributed by atoms with Gasteiger partial charge in [-0.05, 0) is 55.6 Å². The molecule has 1 aromatic heterocycles. The van der Waals surface area contributed by atoms with Gasteiger partial charge in [0, 0.05) is 30.7 Å². The van der Waals surface area contributed by atoms with E-state index in [1.54, 1.807) is 18.3 Å². The Labute approximate surface area is 124 Å². The monoisotopic (exact) mass is 285 g/mol. The van der Waals surface area contributed by atoms with Gasteiger partial charge in [0.25, 0.3) is 0 Å². The van der Waals surface area contributed by atoms with Crippen LogP contribution in [-0.2, 0) is 6.54 Å². The van der Waals surface area contributed by atoms with Crippen molar-refractivity contribution >= 4 is 10.9 Å². The Morgan fingerprint density at radius 2 is 2.24 bits per heavy atom. The van der Waals surface area contributed by atoms with Gasteiger partial charge in [-0.3, -0.25) is 9.88 Å². The molecule has 4 heteroatoms. The molecule has 3 nitrogen and oxygen atoms in total. The first-order valence-electron chi connectivity index (χ1n) is 7.80. The van der Waals surface area contributed by atoms with Gasteiger partial charge in [-0.1, -0.05) is 6.07 Å². The Kier molecular flexibility index (Phi) is 3.36. The number of aromatic nitrogens is 1. The normalized spacial score (nSPS) is 26.1. The van der Waals surface area contributed by atoms with E-state index in [4.69, 9.17) is 0 Å². The Morgan fingerprint density at radius 3 is 3.19 bits per heavy atom. The first-order chi connectivity index (χ1) is 10.3. The molecule has 21 heavy (non-hydrogen) atoms. The molecule has 0 amide bonds. The van der Waals surface area contributed by atoms with Crippen molar-refractivity contribution in [3.05, 3.63) is 41.8 Å². The highest BCUT2D eigenvalue weighted by Gasteiger charge is 2.34. The van der Waals surface area contributed by atoms with E-state index in [1.165, 1.54) is 12.8 Å². The van der Waals surface area contributed by atoms with Crippen LogP contribution >= 0.6 is 0 Å². The molecule has 0 saturated carbocycles. The number of rotatable bonds is 2. The van der Waals surface area contributed by atoms with Gasteiger partial charge in [0.05, 0.1) is 5.52 Å². The van der Waals surface area contributed by atoms with Crippen molar-refractivity contribution in [2.24, 2.45) is 5.92 Å². The number of piperidine rings is 1. The molecule has 2 aliphatic heterocycles. The minimum absolute atomic E-state index is 0.180. The van der Waals surface area contributed by atoms with Crippen molar-refractivity contribution in [2.75, 3.05) is 19.6 Å². The third-order valence-corrected chi connectivity index (χ3v) is 4.97. The summed E-state index contributed by atoms with van der Waals surface area (Å²) in [6.45, 7) is 4.23. The van der Waals surface area contributed by atoms with Gasteiger partial charge in [0.15, 0.2) is 0 Å². The lowest BCUT2D eigenvalue weighted by Crippen LogP contribution is -2.44. The molecule has 0 bridgehead atoms. The van der Waals surface area contributed by atoms with E-state index < -0.39 is 0 Å². The maximum Gasteiger partial charge on any atom is 0.132 e. The predicted molar refractivity (Wildman–Crippen MR) is 81.5 cm³/mol. The number of pyridine rings is 1. The largest absolute Gasteiger partial charge is 0.315 e. The molecule has 0 aliphatic carbocycles. The number of benzene rings is 1. The lowest BCUT2D eigenvalue weighted by molar-refractivity contribution is 0.118. The average Bonchev–Trinajstić information content (AvgIpc) is 3.00. The minimum atomic E-state index is -0.180. The lowest BCUT2D eigenvalue weighted by Gasteiger charge is -2.37. The summed E-state index contributed by atoms with van der Waals surface area (Å²) in [5.41, 5.74) is 1.95. The molecule has 2 fully saturated rings. The van der Waals surface area contributed by atoms with E-state index in [-0.39, 0.29) is 5.82 Å². The third kappa shape index (κ3) is 2.32. The van der Waals surface area contributed by atoms with E-state index in [0.717, 1.165) is 43.2 Å². The maximum absolute atomic E-state index is 13.9.